The topological polar surface area (TPSA) is 42.2 Å². The second-order valence-electron chi connectivity index (χ2n) is 6.80. The van der Waals surface area contributed by atoms with Gasteiger partial charge in [0.05, 0.1) is 0 Å². The van der Waals surface area contributed by atoms with Gasteiger partial charge in [-0.1, -0.05) is 43.5 Å². The average molecular weight is 321 g/mol. The van der Waals surface area contributed by atoms with Crippen LogP contribution in [0.1, 0.15) is 37.7 Å². The molecule has 24 heavy (non-hydrogen) atoms. The second kappa shape index (κ2) is 6.68. The molecule has 1 aromatic heterocycles. The first-order valence-electron chi connectivity index (χ1n) is 8.99. The van der Waals surface area contributed by atoms with Gasteiger partial charge in [0.15, 0.2) is 0 Å². The normalized spacial score (nSPS) is 15.8. The summed E-state index contributed by atoms with van der Waals surface area (Å²) in [6.07, 6.45) is 6.64. The summed E-state index contributed by atoms with van der Waals surface area (Å²) in [5.41, 5.74) is 3.08. The summed E-state index contributed by atoms with van der Waals surface area (Å²) in [7, 11) is 0. The summed E-state index contributed by atoms with van der Waals surface area (Å²) in [4.78, 5) is 12.2. The van der Waals surface area contributed by atoms with Gasteiger partial charge in [0.25, 0.3) is 0 Å². The third-order valence-corrected chi connectivity index (χ3v) is 5.13. The van der Waals surface area contributed by atoms with Gasteiger partial charge < -0.3 is 9.73 Å². The Kier molecular flexibility index (Phi) is 4.24. The fourth-order valence-electron chi connectivity index (χ4n) is 3.77. The highest BCUT2D eigenvalue weighted by Gasteiger charge is 2.20. The van der Waals surface area contributed by atoms with E-state index in [1.165, 1.54) is 24.8 Å². The SMILES string of the molecule is O=C(NCCc1ccc2oc3ccccc3c2c1)C1CCCCC1. The van der Waals surface area contributed by atoms with Crippen LogP contribution in [0, 0.1) is 5.92 Å². The lowest BCUT2D eigenvalue weighted by Crippen LogP contribution is -2.33. The van der Waals surface area contributed by atoms with Crippen molar-refractivity contribution in [2.24, 2.45) is 5.92 Å². The number of amides is 1. The fourth-order valence-corrected chi connectivity index (χ4v) is 3.77. The maximum Gasteiger partial charge on any atom is 0.223 e. The number of hydrogen-bond acceptors (Lipinski definition) is 2. The predicted molar refractivity (Wildman–Crippen MR) is 97.0 cm³/mol. The Labute approximate surface area is 142 Å². The van der Waals surface area contributed by atoms with Crippen LogP contribution in [0.2, 0.25) is 0 Å². The van der Waals surface area contributed by atoms with Crippen molar-refractivity contribution in [3.05, 3.63) is 48.0 Å². The molecular weight excluding hydrogens is 298 g/mol. The molecule has 0 unspecified atom stereocenters. The zero-order valence-corrected chi connectivity index (χ0v) is 13.9. The molecule has 124 valence electrons. The molecule has 0 atom stereocenters. The van der Waals surface area contributed by atoms with Crippen LogP contribution in [0.15, 0.2) is 46.9 Å². The van der Waals surface area contributed by atoms with E-state index in [1.807, 2.05) is 24.3 Å². The van der Waals surface area contributed by atoms with Crippen LogP contribution in [0.25, 0.3) is 21.9 Å². The van der Waals surface area contributed by atoms with E-state index in [4.69, 9.17) is 4.42 Å². The highest BCUT2D eigenvalue weighted by Crippen LogP contribution is 2.29. The minimum Gasteiger partial charge on any atom is -0.456 e. The Morgan fingerprint density at radius 1 is 1.00 bits per heavy atom. The number of rotatable bonds is 4. The highest BCUT2D eigenvalue weighted by molar-refractivity contribution is 6.04. The van der Waals surface area contributed by atoms with Gasteiger partial charge in [-0.25, -0.2) is 0 Å². The molecular formula is C21H23NO2. The molecule has 3 aromatic rings. The summed E-state index contributed by atoms with van der Waals surface area (Å²) in [6.45, 7) is 0.705. The molecule has 0 spiro atoms. The van der Waals surface area contributed by atoms with Crippen molar-refractivity contribution < 1.29 is 9.21 Å². The smallest absolute Gasteiger partial charge is 0.223 e. The number of para-hydroxylation sites is 1. The Morgan fingerprint density at radius 3 is 2.67 bits per heavy atom. The van der Waals surface area contributed by atoms with Gasteiger partial charge in [0, 0.05) is 23.2 Å². The summed E-state index contributed by atoms with van der Waals surface area (Å²) < 4.78 is 5.86. The Hall–Kier alpha value is -2.29. The predicted octanol–water partition coefficient (Wildman–Crippen LogP) is 4.83. The fraction of sp³-hybridized carbons (Fsp3) is 0.381. The van der Waals surface area contributed by atoms with Gasteiger partial charge in [-0.15, -0.1) is 0 Å². The number of fused-ring (bicyclic) bond motifs is 3. The molecule has 1 fully saturated rings. The van der Waals surface area contributed by atoms with Crippen LogP contribution in [0.3, 0.4) is 0 Å². The lowest BCUT2D eigenvalue weighted by atomic mass is 9.88. The van der Waals surface area contributed by atoms with Crippen LogP contribution >= 0.6 is 0 Å². The van der Waals surface area contributed by atoms with Crippen molar-refractivity contribution in [2.75, 3.05) is 6.54 Å². The zero-order valence-electron chi connectivity index (χ0n) is 13.9. The molecule has 1 aliphatic carbocycles. The number of carbonyl (C=O) groups excluding carboxylic acids is 1. The molecule has 0 aliphatic heterocycles. The van der Waals surface area contributed by atoms with E-state index in [-0.39, 0.29) is 11.8 Å². The third kappa shape index (κ3) is 3.03. The summed E-state index contributed by atoms with van der Waals surface area (Å²) in [6, 6.07) is 14.4. The van der Waals surface area contributed by atoms with Gasteiger partial charge >= 0.3 is 0 Å². The molecule has 2 aromatic carbocycles. The van der Waals surface area contributed by atoms with Crippen LogP contribution in [0.4, 0.5) is 0 Å². The summed E-state index contributed by atoms with van der Waals surface area (Å²) >= 11 is 0. The first-order valence-corrected chi connectivity index (χ1v) is 8.99. The monoisotopic (exact) mass is 321 g/mol. The lowest BCUT2D eigenvalue weighted by molar-refractivity contribution is -0.125. The van der Waals surface area contributed by atoms with Crippen molar-refractivity contribution in [1.29, 1.82) is 0 Å². The first kappa shape index (κ1) is 15.3. The van der Waals surface area contributed by atoms with Gasteiger partial charge in [0.1, 0.15) is 11.2 Å². The molecule has 1 heterocycles. The van der Waals surface area contributed by atoms with Gasteiger partial charge in [-0.3, -0.25) is 4.79 Å². The van der Waals surface area contributed by atoms with Crippen molar-refractivity contribution in [3.63, 3.8) is 0 Å². The molecule has 1 aliphatic rings. The van der Waals surface area contributed by atoms with E-state index in [9.17, 15) is 4.79 Å². The highest BCUT2D eigenvalue weighted by atomic mass is 16.3. The summed E-state index contributed by atoms with van der Waals surface area (Å²) in [5, 5.41) is 5.43. The lowest BCUT2D eigenvalue weighted by Gasteiger charge is -2.20. The van der Waals surface area contributed by atoms with Crippen LogP contribution in [-0.2, 0) is 11.2 Å². The standard InChI is InChI=1S/C21H23NO2/c23-21(16-6-2-1-3-7-16)22-13-12-15-10-11-20-18(14-15)17-8-4-5-9-19(17)24-20/h4-5,8-11,14,16H,1-3,6-7,12-13H2,(H,22,23). The maximum absolute atomic E-state index is 12.2. The van der Waals surface area contributed by atoms with Gasteiger partial charge in [0.2, 0.25) is 5.91 Å². The van der Waals surface area contributed by atoms with E-state index in [1.54, 1.807) is 0 Å². The summed E-state index contributed by atoms with van der Waals surface area (Å²) in [5.74, 6) is 0.476. The first-order chi connectivity index (χ1) is 11.8. The Balaban J connectivity index is 1.43. The van der Waals surface area contributed by atoms with Gasteiger partial charge in [-0.05, 0) is 43.0 Å². The molecule has 0 bridgehead atoms. The minimum absolute atomic E-state index is 0.235. The molecule has 0 radical (unpaired) electrons. The number of carbonyl (C=O) groups is 1. The third-order valence-electron chi connectivity index (χ3n) is 5.13. The van der Waals surface area contributed by atoms with Crippen molar-refractivity contribution in [2.45, 2.75) is 38.5 Å². The Bertz CT molecular complexity index is 859. The van der Waals surface area contributed by atoms with E-state index in [0.29, 0.717) is 6.54 Å². The molecule has 4 rings (SSSR count). The molecule has 3 nitrogen and oxygen atoms in total. The zero-order chi connectivity index (χ0) is 16.4. The van der Waals surface area contributed by atoms with Crippen LogP contribution in [0.5, 0.6) is 0 Å². The van der Waals surface area contributed by atoms with Crippen LogP contribution < -0.4 is 5.32 Å². The number of benzene rings is 2. The number of nitrogens with one attached hydrogen (secondary N) is 1. The van der Waals surface area contributed by atoms with E-state index in [2.05, 4.69) is 23.5 Å². The van der Waals surface area contributed by atoms with Gasteiger partial charge in [-0.2, -0.15) is 0 Å². The molecule has 0 saturated heterocycles. The quantitative estimate of drug-likeness (QED) is 0.748. The molecule has 1 saturated carbocycles. The van der Waals surface area contributed by atoms with E-state index in [0.717, 1.165) is 41.2 Å². The van der Waals surface area contributed by atoms with Crippen molar-refractivity contribution in [3.8, 4) is 0 Å². The molecule has 1 amide bonds. The molecule has 3 heteroatoms. The van der Waals surface area contributed by atoms with Crippen molar-refractivity contribution in [1.82, 2.24) is 5.32 Å². The maximum atomic E-state index is 12.2. The van der Waals surface area contributed by atoms with E-state index >= 15 is 0 Å². The Morgan fingerprint density at radius 2 is 1.79 bits per heavy atom. The second-order valence-corrected chi connectivity index (χ2v) is 6.80. The van der Waals surface area contributed by atoms with Crippen LogP contribution in [-0.4, -0.2) is 12.5 Å². The van der Waals surface area contributed by atoms with E-state index < -0.39 is 0 Å². The number of furan rings is 1. The van der Waals surface area contributed by atoms with Crippen molar-refractivity contribution >= 4 is 27.8 Å². The largest absolute Gasteiger partial charge is 0.456 e. The minimum atomic E-state index is 0.235. The number of hydrogen-bond donors (Lipinski definition) is 1. The molecule has 1 N–H and O–H groups in total. The average Bonchev–Trinajstić information content (AvgIpc) is 3.00.